The molecule has 32 heavy (non-hydrogen) atoms. The molecule has 7 heteroatoms. The summed E-state index contributed by atoms with van der Waals surface area (Å²) in [6, 6.07) is 10.9. The van der Waals surface area contributed by atoms with Gasteiger partial charge in [0.1, 0.15) is 0 Å². The highest BCUT2D eigenvalue weighted by atomic mass is 16.2. The number of aliphatic imine (C=N–C) groups is 1. The molecule has 0 radical (unpaired) electrons. The average Bonchev–Trinajstić information content (AvgIpc) is 2.81. The minimum atomic E-state index is -0.315. The third kappa shape index (κ3) is 8.34. The zero-order valence-electron chi connectivity index (χ0n) is 19.8. The molecule has 0 bridgehead atoms. The molecule has 1 aromatic carbocycles. The first-order valence-corrected chi connectivity index (χ1v) is 12.5. The lowest BCUT2D eigenvalue weighted by Gasteiger charge is -2.32. The van der Waals surface area contributed by atoms with E-state index < -0.39 is 0 Å². The van der Waals surface area contributed by atoms with Crippen LogP contribution in [0, 0.1) is 5.92 Å². The molecule has 4 N–H and O–H groups in total. The topological polar surface area (TPSA) is 86.0 Å². The van der Waals surface area contributed by atoms with Crippen LogP contribution in [0.2, 0.25) is 0 Å². The minimum absolute atomic E-state index is 0.315. The van der Waals surface area contributed by atoms with Crippen LogP contribution < -0.4 is 16.4 Å². The first-order chi connectivity index (χ1) is 15.6. The van der Waals surface area contributed by atoms with Crippen LogP contribution in [0.5, 0.6) is 0 Å². The van der Waals surface area contributed by atoms with Gasteiger partial charge in [0.05, 0.1) is 0 Å². The van der Waals surface area contributed by atoms with Crippen molar-refractivity contribution in [1.29, 1.82) is 0 Å². The average molecular weight is 443 g/mol. The predicted molar refractivity (Wildman–Crippen MR) is 132 cm³/mol. The van der Waals surface area contributed by atoms with Gasteiger partial charge >= 0.3 is 6.03 Å². The molecule has 0 unspecified atom stereocenters. The fourth-order valence-electron chi connectivity index (χ4n) is 4.76. The standard InChI is InChI=1S/C25H42N6O/c1-2-27-25(29-23-12-18-31(19-13-23)24(26)32)28-14-6-7-15-30-16-10-22(11-17-30)20-21-8-4-3-5-9-21/h3-5,8-9,22-23H,2,6-7,10-20H2,1H3,(H2,26,32)(H2,27,28,29). The highest BCUT2D eigenvalue weighted by molar-refractivity contribution is 5.80. The van der Waals surface area contributed by atoms with Gasteiger partial charge in [-0.05, 0) is 83.0 Å². The van der Waals surface area contributed by atoms with E-state index in [1.807, 2.05) is 0 Å². The number of nitrogens with two attached hydrogens (primary N) is 1. The zero-order valence-corrected chi connectivity index (χ0v) is 19.8. The van der Waals surface area contributed by atoms with Crippen molar-refractivity contribution < 1.29 is 4.79 Å². The number of carbonyl (C=O) groups excluding carboxylic acids is 1. The van der Waals surface area contributed by atoms with Gasteiger partial charge in [-0.25, -0.2) is 4.79 Å². The molecular formula is C25H42N6O. The normalized spacial score (nSPS) is 19.2. The van der Waals surface area contributed by atoms with E-state index in [2.05, 4.69) is 52.8 Å². The molecular weight excluding hydrogens is 400 g/mol. The molecule has 2 amide bonds. The van der Waals surface area contributed by atoms with Gasteiger partial charge in [-0.2, -0.15) is 0 Å². The Bertz CT molecular complexity index is 694. The van der Waals surface area contributed by atoms with Gasteiger partial charge in [0, 0.05) is 32.2 Å². The van der Waals surface area contributed by atoms with Crippen LogP contribution in [-0.4, -0.2) is 73.6 Å². The van der Waals surface area contributed by atoms with Crippen LogP contribution in [0.25, 0.3) is 0 Å². The van der Waals surface area contributed by atoms with E-state index in [1.54, 1.807) is 4.90 Å². The Morgan fingerprint density at radius 3 is 2.44 bits per heavy atom. The molecule has 0 spiro atoms. The Morgan fingerprint density at radius 2 is 1.78 bits per heavy atom. The number of primary amides is 1. The summed E-state index contributed by atoms with van der Waals surface area (Å²) in [5, 5.41) is 6.88. The second-order valence-electron chi connectivity index (χ2n) is 9.19. The number of amides is 2. The Balaban J connectivity index is 1.29. The second kappa shape index (κ2) is 13.3. The van der Waals surface area contributed by atoms with Crippen molar-refractivity contribution in [1.82, 2.24) is 20.4 Å². The van der Waals surface area contributed by atoms with Gasteiger partial charge in [0.15, 0.2) is 5.96 Å². The number of nitrogens with one attached hydrogen (secondary N) is 2. The molecule has 1 aromatic rings. The van der Waals surface area contributed by atoms with Crippen molar-refractivity contribution in [3.05, 3.63) is 35.9 Å². The molecule has 7 nitrogen and oxygen atoms in total. The summed E-state index contributed by atoms with van der Waals surface area (Å²) in [6.07, 6.45) is 7.99. The van der Waals surface area contributed by atoms with Crippen molar-refractivity contribution in [2.45, 2.75) is 57.9 Å². The van der Waals surface area contributed by atoms with E-state index in [0.29, 0.717) is 19.1 Å². The number of carbonyl (C=O) groups is 1. The number of piperidine rings is 2. The number of likely N-dealkylation sites (tertiary alicyclic amines) is 2. The molecule has 0 atom stereocenters. The quantitative estimate of drug-likeness (QED) is 0.312. The molecule has 2 aliphatic heterocycles. The molecule has 2 heterocycles. The van der Waals surface area contributed by atoms with E-state index in [-0.39, 0.29) is 6.03 Å². The lowest BCUT2D eigenvalue weighted by atomic mass is 9.90. The number of hydrogen-bond donors (Lipinski definition) is 3. The van der Waals surface area contributed by atoms with Gasteiger partial charge in [-0.15, -0.1) is 0 Å². The van der Waals surface area contributed by atoms with Crippen LogP contribution in [0.1, 0.15) is 51.0 Å². The Kier molecular flexibility index (Phi) is 10.1. The number of urea groups is 1. The predicted octanol–water partition coefficient (Wildman–Crippen LogP) is 2.82. The van der Waals surface area contributed by atoms with E-state index >= 15 is 0 Å². The lowest BCUT2D eigenvalue weighted by molar-refractivity contribution is 0.181. The molecule has 178 valence electrons. The Labute approximate surface area is 193 Å². The number of hydrogen-bond acceptors (Lipinski definition) is 3. The number of nitrogens with zero attached hydrogens (tertiary/aromatic N) is 3. The maximum absolute atomic E-state index is 11.3. The monoisotopic (exact) mass is 442 g/mol. The molecule has 2 saturated heterocycles. The maximum atomic E-state index is 11.3. The van der Waals surface area contributed by atoms with E-state index in [1.165, 1.54) is 50.9 Å². The van der Waals surface area contributed by atoms with Crippen molar-refractivity contribution >= 4 is 12.0 Å². The van der Waals surface area contributed by atoms with Crippen molar-refractivity contribution in [2.75, 3.05) is 45.8 Å². The van der Waals surface area contributed by atoms with Crippen LogP contribution in [0.15, 0.2) is 35.3 Å². The Morgan fingerprint density at radius 1 is 1.06 bits per heavy atom. The smallest absolute Gasteiger partial charge is 0.314 e. The van der Waals surface area contributed by atoms with Gasteiger partial charge in [0.2, 0.25) is 0 Å². The number of guanidine groups is 1. The number of rotatable bonds is 9. The molecule has 0 aromatic heterocycles. The first-order valence-electron chi connectivity index (χ1n) is 12.5. The maximum Gasteiger partial charge on any atom is 0.314 e. The van der Waals surface area contributed by atoms with Crippen LogP contribution >= 0.6 is 0 Å². The summed E-state index contributed by atoms with van der Waals surface area (Å²) < 4.78 is 0. The number of benzene rings is 1. The summed E-state index contributed by atoms with van der Waals surface area (Å²) in [6.45, 7) is 8.87. The van der Waals surface area contributed by atoms with Crippen LogP contribution in [0.4, 0.5) is 4.79 Å². The minimum Gasteiger partial charge on any atom is -0.357 e. The van der Waals surface area contributed by atoms with E-state index in [9.17, 15) is 4.79 Å². The van der Waals surface area contributed by atoms with Gasteiger partial charge in [-0.3, -0.25) is 4.99 Å². The second-order valence-corrected chi connectivity index (χ2v) is 9.19. The van der Waals surface area contributed by atoms with Gasteiger partial charge in [0.25, 0.3) is 0 Å². The largest absolute Gasteiger partial charge is 0.357 e. The number of unbranched alkanes of at least 4 members (excludes halogenated alkanes) is 1. The zero-order chi connectivity index (χ0) is 22.6. The van der Waals surface area contributed by atoms with Crippen LogP contribution in [0.3, 0.4) is 0 Å². The third-order valence-electron chi connectivity index (χ3n) is 6.72. The molecule has 0 saturated carbocycles. The summed E-state index contributed by atoms with van der Waals surface area (Å²) in [5.74, 6) is 1.73. The van der Waals surface area contributed by atoms with Gasteiger partial charge in [-0.1, -0.05) is 30.3 Å². The Hall–Kier alpha value is -2.28. The van der Waals surface area contributed by atoms with Crippen molar-refractivity contribution in [3.63, 3.8) is 0 Å². The van der Waals surface area contributed by atoms with Crippen molar-refractivity contribution in [2.24, 2.45) is 16.6 Å². The third-order valence-corrected chi connectivity index (χ3v) is 6.72. The fraction of sp³-hybridized carbons (Fsp3) is 0.680. The van der Waals surface area contributed by atoms with E-state index in [0.717, 1.165) is 44.2 Å². The van der Waals surface area contributed by atoms with E-state index in [4.69, 9.17) is 10.7 Å². The van der Waals surface area contributed by atoms with Gasteiger partial charge < -0.3 is 26.2 Å². The summed E-state index contributed by atoms with van der Waals surface area (Å²) in [7, 11) is 0. The summed E-state index contributed by atoms with van der Waals surface area (Å²) in [5.41, 5.74) is 6.85. The first kappa shape index (κ1) is 24.4. The SMILES string of the molecule is CCNC(=NCCCCN1CCC(Cc2ccccc2)CC1)NC1CCN(C(N)=O)CC1. The molecule has 2 fully saturated rings. The molecule has 0 aliphatic carbocycles. The molecule has 2 aliphatic rings. The van der Waals surface area contributed by atoms with Crippen LogP contribution in [-0.2, 0) is 6.42 Å². The summed E-state index contributed by atoms with van der Waals surface area (Å²) in [4.78, 5) is 20.4. The highest BCUT2D eigenvalue weighted by Crippen LogP contribution is 2.21. The highest BCUT2D eigenvalue weighted by Gasteiger charge is 2.22. The molecule has 3 rings (SSSR count). The van der Waals surface area contributed by atoms with Crippen molar-refractivity contribution in [3.8, 4) is 0 Å². The lowest BCUT2D eigenvalue weighted by Crippen LogP contribution is -2.50. The summed E-state index contributed by atoms with van der Waals surface area (Å²) >= 11 is 0. The fourth-order valence-corrected chi connectivity index (χ4v) is 4.76.